The third-order valence-corrected chi connectivity index (χ3v) is 5.72. The normalized spacial score (nSPS) is 11.8. The van der Waals surface area contributed by atoms with Crippen LogP contribution in [0.3, 0.4) is 0 Å². The van der Waals surface area contributed by atoms with Gasteiger partial charge in [-0.2, -0.15) is 0 Å². The van der Waals surface area contributed by atoms with E-state index in [1.54, 1.807) is 0 Å². The number of carbonyl (C=O) groups is 2. The number of amides is 1. The van der Waals surface area contributed by atoms with Crippen molar-refractivity contribution in [3.05, 3.63) is 35.9 Å². The van der Waals surface area contributed by atoms with Crippen LogP contribution in [0.1, 0.15) is 122 Å². The molecule has 0 radical (unpaired) electrons. The number of rotatable bonds is 19. The van der Waals surface area contributed by atoms with E-state index in [-0.39, 0.29) is 17.9 Å². The summed E-state index contributed by atoms with van der Waals surface area (Å²) in [5.41, 5.74) is 1.08. The molecule has 1 aromatic rings. The topological polar surface area (TPSA) is 55.4 Å². The summed E-state index contributed by atoms with van der Waals surface area (Å²) in [6.07, 6.45) is 16.8. The van der Waals surface area contributed by atoms with Crippen molar-refractivity contribution in [3.63, 3.8) is 0 Å². The molecule has 0 aliphatic rings. The standard InChI is InChI=1S/C27H45NO3/c1-3-4-5-6-7-8-9-10-11-12-13-17-23-31-27(30)22-18-21-26(29)28-24(2)25-19-15-14-16-20-25/h14-16,19-20,24H,3-13,17-18,21-23H2,1-2H3,(H,28,29). The summed E-state index contributed by atoms with van der Waals surface area (Å²) < 4.78 is 5.30. The molecule has 0 aromatic heterocycles. The van der Waals surface area contributed by atoms with Crippen LogP contribution < -0.4 is 5.32 Å². The Bertz CT molecular complexity index is 573. The number of ether oxygens (including phenoxy) is 1. The molecule has 1 aromatic carbocycles. The summed E-state index contributed by atoms with van der Waals surface area (Å²) in [7, 11) is 0. The maximum atomic E-state index is 12.0. The molecule has 0 heterocycles. The Balaban J connectivity index is 1.89. The zero-order valence-electron chi connectivity index (χ0n) is 20.0. The number of nitrogens with one attached hydrogen (secondary N) is 1. The highest BCUT2D eigenvalue weighted by atomic mass is 16.5. The fourth-order valence-corrected chi connectivity index (χ4v) is 3.73. The molecule has 0 spiro atoms. The molecule has 4 heteroatoms. The van der Waals surface area contributed by atoms with Gasteiger partial charge in [0.2, 0.25) is 5.91 Å². The first kappa shape index (κ1) is 27.2. The van der Waals surface area contributed by atoms with E-state index in [0.29, 0.717) is 25.9 Å². The molecule has 1 unspecified atom stereocenters. The van der Waals surface area contributed by atoms with E-state index in [9.17, 15) is 9.59 Å². The second-order valence-electron chi connectivity index (χ2n) is 8.66. The molecule has 1 atom stereocenters. The average Bonchev–Trinajstić information content (AvgIpc) is 2.77. The summed E-state index contributed by atoms with van der Waals surface area (Å²) in [5.74, 6) is -0.211. The van der Waals surface area contributed by atoms with E-state index < -0.39 is 0 Å². The number of esters is 1. The number of hydrogen-bond donors (Lipinski definition) is 1. The molecule has 0 fully saturated rings. The van der Waals surface area contributed by atoms with E-state index in [1.165, 1.54) is 64.2 Å². The first-order chi connectivity index (χ1) is 15.1. The largest absolute Gasteiger partial charge is 0.466 e. The summed E-state index contributed by atoms with van der Waals surface area (Å²) in [6.45, 7) is 4.74. The van der Waals surface area contributed by atoms with Crippen molar-refractivity contribution in [3.8, 4) is 0 Å². The predicted octanol–water partition coefficient (Wildman–Crippen LogP) is 7.28. The Labute approximate surface area is 190 Å². The fourth-order valence-electron chi connectivity index (χ4n) is 3.73. The highest BCUT2D eigenvalue weighted by Crippen LogP contribution is 2.13. The Morgan fingerprint density at radius 2 is 1.32 bits per heavy atom. The van der Waals surface area contributed by atoms with Gasteiger partial charge in [0.1, 0.15) is 0 Å². The summed E-state index contributed by atoms with van der Waals surface area (Å²) in [6, 6.07) is 9.86. The summed E-state index contributed by atoms with van der Waals surface area (Å²) in [4.78, 5) is 23.8. The van der Waals surface area contributed by atoms with E-state index >= 15 is 0 Å². The number of benzene rings is 1. The highest BCUT2D eigenvalue weighted by molar-refractivity contribution is 5.77. The van der Waals surface area contributed by atoms with Crippen LogP contribution in [-0.4, -0.2) is 18.5 Å². The molecule has 0 saturated carbocycles. The lowest BCUT2D eigenvalue weighted by atomic mass is 10.1. The van der Waals surface area contributed by atoms with Gasteiger partial charge in [-0.15, -0.1) is 0 Å². The molecule has 4 nitrogen and oxygen atoms in total. The molecule has 0 aliphatic carbocycles. The highest BCUT2D eigenvalue weighted by Gasteiger charge is 2.10. The Morgan fingerprint density at radius 1 is 0.774 bits per heavy atom. The fraction of sp³-hybridized carbons (Fsp3) is 0.704. The van der Waals surface area contributed by atoms with Gasteiger partial charge in [0.15, 0.2) is 0 Å². The van der Waals surface area contributed by atoms with E-state index in [4.69, 9.17) is 4.74 Å². The van der Waals surface area contributed by atoms with Gasteiger partial charge in [0.05, 0.1) is 12.6 Å². The summed E-state index contributed by atoms with van der Waals surface area (Å²) in [5, 5.41) is 2.97. The van der Waals surface area contributed by atoms with Gasteiger partial charge in [0, 0.05) is 12.8 Å². The van der Waals surface area contributed by atoms with Crippen LogP contribution in [0.2, 0.25) is 0 Å². The van der Waals surface area contributed by atoms with Gasteiger partial charge in [-0.05, 0) is 25.3 Å². The minimum absolute atomic E-state index is 0.0218. The van der Waals surface area contributed by atoms with Gasteiger partial charge >= 0.3 is 5.97 Å². The lowest BCUT2D eigenvalue weighted by Gasteiger charge is -2.14. The van der Waals surface area contributed by atoms with Crippen LogP contribution in [-0.2, 0) is 14.3 Å². The number of carbonyl (C=O) groups excluding carboxylic acids is 2. The third-order valence-electron chi connectivity index (χ3n) is 5.72. The van der Waals surface area contributed by atoms with E-state index in [2.05, 4.69) is 12.2 Å². The minimum atomic E-state index is -0.188. The van der Waals surface area contributed by atoms with Gasteiger partial charge in [-0.25, -0.2) is 0 Å². The molecule has 1 amide bonds. The van der Waals surface area contributed by atoms with Crippen molar-refractivity contribution >= 4 is 11.9 Å². The van der Waals surface area contributed by atoms with Gasteiger partial charge < -0.3 is 10.1 Å². The Morgan fingerprint density at radius 3 is 1.90 bits per heavy atom. The smallest absolute Gasteiger partial charge is 0.305 e. The van der Waals surface area contributed by atoms with Crippen molar-refractivity contribution in [2.45, 2.75) is 116 Å². The molecule has 31 heavy (non-hydrogen) atoms. The van der Waals surface area contributed by atoms with Crippen LogP contribution in [0.15, 0.2) is 30.3 Å². The maximum absolute atomic E-state index is 12.0. The second kappa shape index (κ2) is 18.9. The van der Waals surface area contributed by atoms with Crippen LogP contribution >= 0.6 is 0 Å². The van der Waals surface area contributed by atoms with Crippen LogP contribution in [0.25, 0.3) is 0 Å². The van der Waals surface area contributed by atoms with Crippen molar-refractivity contribution in [1.82, 2.24) is 5.32 Å². The van der Waals surface area contributed by atoms with Gasteiger partial charge in [0.25, 0.3) is 0 Å². The molecule has 1 N–H and O–H groups in total. The molecular formula is C27H45NO3. The molecule has 176 valence electrons. The van der Waals surface area contributed by atoms with Crippen molar-refractivity contribution < 1.29 is 14.3 Å². The van der Waals surface area contributed by atoms with Gasteiger partial charge in [-0.1, -0.05) is 108 Å². The first-order valence-corrected chi connectivity index (χ1v) is 12.6. The maximum Gasteiger partial charge on any atom is 0.305 e. The Kier molecular flexibility index (Phi) is 16.6. The van der Waals surface area contributed by atoms with Gasteiger partial charge in [-0.3, -0.25) is 9.59 Å². The molecule has 0 bridgehead atoms. The number of unbranched alkanes of at least 4 members (excludes halogenated alkanes) is 11. The predicted molar refractivity (Wildman–Crippen MR) is 129 cm³/mol. The second-order valence-corrected chi connectivity index (χ2v) is 8.66. The lowest BCUT2D eigenvalue weighted by molar-refractivity contribution is -0.143. The van der Waals surface area contributed by atoms with E-state index in [0.717, 1.165) is 18.4 Å². The van der Waals surface area contributed by atoms with Crippen molar-refractivity contribution in [1.29, 1.82) is 0 Å². The van der Waals surface area contributed by atoms with Crippen LogP contribution in [0.5, 0.6) is 0 Å². The SMILES string of the molecule is CCCCCCCCCCCCCCOC(=O)CCCC(=O)NC(C)c1ccccc1. The summed E-state index contributed by atoms with van der Waals surface area (Å²) >= 11 is 0. The zero-order chi connectivity index (χ0) is 22.6. The molecule has 1 rings (SSSR count). The third kappa shape index (κ3) is 15.6. The van der Waals surface area contributed by atoms with Crippen molar-refractivity contribution in [2.75, 3.05) is 6.61 Å². The van der Waals surface area contributed by atoms with Crippen LogP contribution in [0.4, 0.5) is 0 Å². The molecule has 0 aliphatic heterocycles. The zero-order valence-corrected chi connectivity index (χ0v) is 20.0. The lowest BCUT2D eigenvalue weighted by Crippen LogP contribution is -2.26. The minimum Gasteiger partial charge on any atom is -0.466 e. The molecule has 0 saturated heterocycles. The average molecular weight is 432 g/mol. The quantitative estimate of drug-likeness (QED) is 0.185. The van der Waals surface area contributed by atoms with Crippen molar-refractivity contribution in [2.24, 2.45) is 0 Å². The molecular weight excluding hydrogens is 386 g/mol. The van der Waals surface area contributed by atoms with E-state index in [1.807, 2.05) is 37.3 Å². The Hall–Kier alpha value is -1.84. The monoisotopic (exact) mass is 431 g/mol. The van der Waals surface area contributed by atoms with Crippen LogP contribution in [0, 0.1) is 0 Å². The number of hydrogen-bond acceptors (Lipinski definition) is 3. The first-order valence-electron chi connectivity index (χ1n) is 12.6.